The van der Waals surface area contributed by atoms with E-state index in [1.807, 2.05) is 21.1 Å². The van der Waals surface area contributed by atoms with Gasteiger partial charge in [0.1, 0.15) is 19.8 Å². The van der Waals surface area contributed by atoms with E-state index in [-0.39, 0.29) is 32.0 Å². The van der Waals surface area contributed by atoms with Crippen LogP contribution in [-0.2, 0) is 32.7 Å². The second kappa shape index (κ2) is 35.7. The highest BCUT2D eigenvalue weighted by atomic mass is 31.2. The molecule has 0 saturated carbocycles. The van der Waals surface area contributed by atoms with E-state index in [1.165, 1.54) is 38.5 Å². The molecule has 0 rings (SSSR count). The number of hydrogen-bond acceptors (Lipinski definition) is 7. The number of phosphoric ester groups is 1. The third kappa shape index (κ3) is 39.5. The van der Waals surface area contributed by atoms with Crippen LogP contribution in [0.4, 0.5) is 0 Å². The van der Waals surface area contributed by atoms with E-state index >= 15 is 0 Å². The predicted molar refractivity (Wildman–Crippen MR) is 220 cm³/mol. The average Bonchev–Trinajstić information content (AvgIpc) is 3.10. The van der Waals surface area contributed by atoms with Crippen molar-refractivity contribution in [1.29, 1.82) is 0 Å². The monoisotopic (exact) mass is 769 g/mol. The van der Waals surface area contributed by atoms with Gasteiger partial charge in [-0.25, -0.2) is 4.57 Å². The van der Waals surface area contributed by atoms with E-state index in [9.17, 15) is 19.0 Å². The van der Waals surface area contributed by atoms with Gasteiger partial charge in [-0.05, 0) is 64.2 Å². The number of phosphoric acid groups is 1. The minimum atomic E-state index is -4.38. The van der Waals surface area contributed by atoms with E-state index in [0.717, 1.165) is 89.9 Å². The minimum absolute atomic E-state index is 0.0246. The molecule has 0 aromatic rings. The molecule has 0 aliphatic rings. The molecule has 9 nitrogen and oxygen atoms in total. The minimum Gasteiger partial charge on any atom is -0.462 e. The summed E-state index contributed by atoms with van der Waals surface area (Å²) in [5, 5.41) is 0. The van der Waals surface area contributed by atoms with E-state index in [1.54, 1.807) is 0 Å². The number of rotatable bonds is 37. The van der Waals surface area contributed by atoms with Gasteiger partial charge in [0.2, 0.25) is 0 Å². The highest BCUT2D eigenvalue weighted by molar-refractivity contribution is 7.47. The van der Waals surface area contributed by atoms with Crippen LogP contribution in [0.3, 0.4) is 0 Å². The zero-order valence-corrected chi connectivity index (χ0v) is 35.4. The predicted octanol–water partition coefficient (Wildman–Crippen LogP) is 11.5. The van der Waals surface area contributed by atoms with Crippen molar-refractivity contribution in [2.24, 2.45) is 0 Å². The Balaban J connectivity index is 4.45. The lowest BCUT2D eigenvalue weighted by Crippen LogP contribution is -2.37. The topological polar surface area (TPSA) is 108 Å². The van der Waals surface area contributed by atoms with Crippen LogP contribution in [0.15, 0.2) is 48.6 Å². The van der Waals surface area contributed by atoms with Crippen LogP contribution in [0.25, 0.3) is 0 Å². The number of esters is 2. The van der Waals surface area contributed by atoms with Crippen molar-refractivity contribution < 1.29 is 42.1 Å². The summed E-state index contributed by atoms with van der Waals surface area (Å²) in [5.74, 6) is -0.836. The lowest BCUT2D eigenvalue weighted by atomic mass is 10.1. The van der Waals surface area contributed by atoms with Crippen LogP contribution in [0.1, 0.15) is 162 Å². The fourth-order valence-electron chi connectivity index (χ4n) is 5.25. The molecule has 0 radical (unpaired) electrons. The molecule has 53 heavy (non-hydrogen) atoms. The number of carbonyl (C=O) groups excluding carboxylic acids is 2. The molecule has 1 N–H and O–H groups in total. The van der Waals surface area contributed by atoms with Gasteiger partial charge >= 0.3 is 19.8 Å². The molecular weight excluding hydrogens is 689 g/mol. The quantitative estimate of drug-likeness (QED) is 0.0166. The molecule has 0 aliphatic carbocycles. The summed E-state index contributed by atoms with van der Waals surface area (Å²) in [7, 11) is 1.45. The number of quaternary nitrogens is 1. The molecule has 0 spiro atoms. The van der Waals surface area contributed by atoms with E-state index < -0.39 is 26.5 Å². The Labute approximate surface area is 324 Å². The van der Waals surface area contributed by atoms with Gasteiger partial charge in [-0.15, -0.1) is 0 Å². The fraction of sp³-hybridized carbons (Fsp3) is 0.767. The standard InChI is InChI=1S/C43H78NO8P/c1-6-8-10-12-14-16-18-20-22-24-25-27-29-31-33-35-42(45)49-39-41(40-51-53(47,48)50-38-37-44(3,4)5)52-43(46)36-34-32-30-28-26-23-21-19-17-15-13-11-9-7-2/h13,15-16,18-22,41H,6-12,14,17,23-40H2,1-5H3/p+1/b15-13+,18-16+,21-19+,22-20+/t41-/m1/s1. The number of carbonyl (C=O) groups is 2. The van der Waals surface area contributed by atoms with Crippen molar-refractivity contribution in [3.8, 4) is 0 Å². The summed E-state index contributed by atoms with van der Waals surface area (Å²) in [4.78, 5) is 35.3. The fourth-order valence-corrected chi connectivity index (χ4v) is 6.00. The Morgan fingerprint density at radius 2 is 1.09 bits per heavy atom. The van der Waals surface area contributed by atoms with Crippen LogP contribution >= 0.6 is 7.82 Å². The van der Waals surface area contributed by atoms with E-state index in [4.69, 9.17) is 18.5 Å². The largest absolute Gasteiger partial charge is 0.472 e. The molecule has 0 aromatic carbocycles. The zero-order valence-electron chi connectivity index (χ0n) is 34.5. The number of likely N-dealkylation sites (N-methyl/N-ethyl adjacent to an activating group) is 1. The molecule has 0 bridgehead atoms. The van der Waals surface area contributed by atoms with Crippen molar-refractivity contribution in [3.05, 3.63) is 48.6 Å². The maximum absolute atomic E-state index is 12.6. The van der Waals surface area contributed by atoms with Gasteiger partial charge in [0.15, 0.2) is 6.10 Å². The Morgan fingerprint density at radius 3 is 1.66 bits per heavy atom. The Hall–Kier alpha value is -2.03. The molecule has 1 unspecified atom stereocenters. The van der Waals surface area contributed by atoms with Crippen molar-refractivity contribution in [1.82, 2.24) is 0 Å². The third-order valence-corrected chi connectivity index (χ3v) is 9.59. The number of unbranched alkanes of at least 4 members (excludes halogenated alkanes) is 16. The molecule has 2 atom stereocenters. The van der Waals surface area contributed by atoms with Crippen LogP contribution in [0.5, 0.6) is 0 Å². The molecule has 0 aliphatic heterocycles. The van der Waals surface area contributed by atoms with Crippen LogP contribution in [-0.4, -0.2) is 74.9 Å². The van der Waals surface area contributed by atoms with Gasteiger partial charge in [0.25, 0.3) is 0 Å². The molecule has 0 fully saturated rings. The van der Waals surface area contributed by atoms with Gasteiger partial charge in [-0.1, -0.05) is 133 Å². The van der Waals surface area contributed by atoms with Crippen LogP contribution in [0.2, 0.25) is 0 Å². The highest BCUT2D eigenvalue weighted by Crippen LogP contribution is 2.43. The van der Waals surface area contributed by atoms with Crippen LogP contribution in [0, 0.1) is 0 Å². The molecule has 308 valence electrons. The Morgan fingerprint density at radius 1 is 0.604 bits per heavy atom. The molecule has 0 amide bonds. The van der Waals surface area contributed by atoms with Crippen LogP contribution < -0.4 is 0 Å². The Kier molecular flexibility index (Phi) is 34.3. The number of hydrogen-bond donors (Lipinski definition) is 1. The molecular formula is C43H79NO8P+. The molecule has 0 heterocycles. The number of allylic oxidation sites excluding steroid dienone is 8. The summed E-state index contributed by atoms with van der Waals surface area (Å²) < 4.78 is 34.2. The van der Waals surface area contributed by atoms with Gasteiger partial charge in [0, 0.05) is 12.8 Å². The summed E-state index contributed by atoms with van der Waals surface area (Å²) in [6.07, 6.45) is 40.1. The Bertz CT molecular complexity index is 1050. The molecule has 0 aromatic heterocycles. The first-order valence-electron chi connectivity index (χ1n) is 20.9. The molecule has 0 saturated heterocycles. The second-order valence-electron chi connectivity index (χ2n) is 15.0. The third-order valence-electron chi connectivity index (χ3n) is 8.61. The maximum atomic E-state index is 12.6. The van der Waals surface area contributed by atoms with Gasteiger partial charge in [-0.3, -0.25) is 18.6 Å². The summed E-state index contributed by atoms with van der Waals surface area (Å²) >= 11 is 0. The normalized spacial score (nSPS) is 14.2. The van der Waals surface area contributed by atoms with Crippen molar-refractivity contribution >= 4 is 19.8 Å². The summed E-state index contributed by atoms with van der Waals surface area (Å²) in [6, 6.07) is 0. The second-order valence-corrected chi connectivity index (χ2v) is 16.5. The zero-order chi connectivity index (χ0) is 39.3. The van der Waals surface area contributed by atoms with Crippen molar-refractivity contribution in [2.75, 3.05) is 47.5 Å². The summed E-state index contributed by atoms with van der Waals surface area (Å²) in [5.41, 5.74) is 0. The SMILES string of the molecule is CCCC/C=C/C/C=C/CCCCCCCC(=O)O[C@H](COC(=O)CCCCCCC/C=C/C=C/CCCCCC)COP(=O)(O)OCC[N+](C)(C)C. The summed E-state index contributed by atoms with van der Waals surface area (Å²) in [6.45, 7) is 4.31. The number of ether oxygens (including phenoxy) is 2. The van der Waals surface area contributed by atoms with Gasteiger partial charge in [-0.2, -0.15) is 0 Å². The molecule has 10 heteroatoms. The van der Waals surface area contributed by atoms with E-state index in [0.29, 0.717) is 17.4 Å². The van der Waals surface area contributed by atoms with Crippen molar-refractivity contribution in [3.63, 3.8) is 0 Å². The lowest BCUT2D eigenvalue weighted by molar-refractivity contribution is -0.870. The van der Waals surface area contributed by atoms with Crippen molar-refractivity contribution in [2.45, 2.75) is 168 Å². The maximum Gasteiger partial charge on any atom is 0.472 e. The smallest absolute Gasteiger partial charge is 0.462 e. The first-order chi connectivity index (χ1) is 25.5. The first-order valence-corrected chi connectivity index (χ1v) is 22.4. The van der Waals surface area contributed by atoms with Gasteiger partial charge in [0.05, 0.1) is 27.7 Å². The lowest BCUT2D eigenvalue weighted by Gasteiger charge is -2.24. The average molecular weight is 769 g/mol. The first kappa shape index (κ1) is 51.0. The van der Waals surface area contributed by atoms with Gasteiger partial charge < -0.3 is 18.9 Å². The van der Waals surface area contributed by atoms with E-state index in [2.05, 4.69) is 62.5 Å². The number of nitrogens with zero attached hydrogens (tertiary/aromatic N) is 1. The highest BCUT2D eigenvalue weighted by Gasteiger charge is 2.27.